The van der Waals surface area contributed by atoms with Crippen LogP contribution in [0.5, 0.6) is 0 Å². The number of hydrogen-bond acceptors (Lipinski definition) is 1. The molecule has 0 aliphatic carbocycles. The highest BCUT2D eigenvalue weighted by Crippen LogP contribution is 2.24. The fourth-order valence-electron chi connectivity index (χ4n) is 3.02. The van der Waals surface area contributed by atoms with Gasteiger partial charge in [0.2, 0.25) is 0 Å². The Hall–Kier alpha value is -1.28. The van der Waals surface area contributed by atoms with E-state index in [-0.39, 0.29) is 0 Å². The number of benzene rings is 1. The fraction of sp³-hybridized carbons (Fsp3) is 0.579. The minimum absolute atomic E-state index is 0.784. The first-order chi connectivity index (χ1) is 10.3. The van der Waals surface area contributed by atoms with Crippen LogP contribution >= 0.6 is 0 Å². The molecule has 2 aromatic rings. The molecule has 2 heteroatoms. The van der Waals surface area contributed by atoms with E-state index in [0.717, 1.165) is 32.0 Å². The maximum Gasteiger partial charge on any atom is 0.0483 e. The summed E-state index contributed by atoms with van der Waals surface area (Å²) in [4.78, 5) is 0. The smallest absolute Gasteiger partial charge is 0.0483 e. The molecule has 116 valence electrons. The van der Waals surface area contributed by atoms with Crippen LogP contribution in [0.2, 0.25) is 0 Å². The van der Waals surface area contributed by atoms with Crippen LogP contribution in [0.15, 0.2) is 30.5 Å². The molecule has 0 spiro atoms. The molecule has 0 atom stereocenters. The Balaban J connectivity index is 2.17. The van der Waals surface area contributed by atoms with Crippen molar-refractivity contribution < 1.29 is 0 Å². The summed E-state index contributed by atoms with van der Waals surface area (Å²) in [6.45, 7) is 10.2. The standard InChI is InChI=1S/C19H30N2/c1-4-12-20-13-11-17-15-21(14-16(5-2)6-3)19-10-8-7-9-18(17)19/h7-10,15-16,20H,4-6,11-14H2,1-3H3. The Morgan fingerprint density at radius 3 is 2.52 bits per heavy atom. The van der Waals surface area contributed by atoms with E-state index in [2.05, 4.69) is 61.1 Å². The second-order valence-corrected chi connectivity index (χ2v) is 6.01. The Morgan fingerprint density at radius 1 is 1.05 bits per heavy atom. The van der Waals surface area contributed by atoms with Gasteiger partial charge in [0.1, 0.15) is 0 Å². The molecule has 21 heavy (non-hydrogen) atoms. The van der Waals surface area contributed by atoms with Gasteiger partial charge in [-0.15, -0.1) is 0 Å². The average Bonchev–Trinajstić information content (AvgIpc) is 2.87. The first kappa shape index (κ1) is 16.1. The monoisotopic (exact) mass is 286 g/mol. The minimum Gasteiger partial charge on any atom is -0.347 e. The van der Waals surface area contributed by atoms with E-state index in [1.165, 1.54) is 35.7 Å². The number of hydrogen-bond donors (Lipinski definition) is 1. The maximum absolute atomic E-state index is 3.51. The van der Waals surface area contributed by atoms with Crippen molar-refractivity contribution in [2.24, 2.45) is 5.92 Å². The summed E-state index contributed by atoms with van der Waals surface area (Å²) < 4.78 is 2.47. The Morgan fingerprint density at radius 2 is 1.81 bits per heavy atom. The lowest BCUT2D eigenvalue weighted by molar-refractivity contribution is 0.425. The summed E-state index contributed by atoms with van der Waals surface area (Å²) in [6.07, 6.45) is 7.23. The van der Waals surface area contributed by atoms with Crippen molar-refractivity contribution in [2.75, 3.05) is 13.1 Å². The highest BCUT2D eigenvalue weighted by molar-refractivity contribution is 5.84. The van der Waals surface area contributed by atoms with Crippen LogP contribution in [-0.2, 0) is 13.0 Å². The van der Waals surface area contributed by atoms with Crippen molar-refractivity contribution in [3.63, 3.8) is 0 Å². The van der Waals surface area contributed by atoms with Gasteiger partial charge in [-0.2, -0.15) is 0 Å². The molecule has 2 rings (SSSR count). The van der Waals surface area contributed by atoms with Crippen molar-refractivity contribution in [1.29, 1.82) is 0 Å². The number of aromatic nitrogens is 1. The normalized spacial score (nSPS) is 11.6. The highest BCUT2D eigenvalue weighted by Gasteiger charge is 2.11. The molecule has 0 fully saturated rings. The lowest BCUT2D eigenvalue weighted by atomic mass is 10.0. The van der Waals surface area contributed by atoms with Crippen LogP contribution in [0.3, 0.4) is 0 Å². The molecular weight excluding hydrogens is 256 g/mol. The number of para-hydroxylation sites is 1. The summed E-state index contributed by atoms with van der Waals surface area (Å²) in [5.74, 6) is 0.784. The lowest BCUT2D eigenvalue weighted by Gasteiger charge is -2.14. The van der Waals surface area contributed by atoms with Crippen LogP contribution in [0.25, 0.3) is 10.9 Å². The number of rotatable bonds is 9. The molecule has 2 nitrogen and oxygen atoms in total. The van der Waals surface area contributed by atoms with Crippen molar-refractivity contribution in [3.05, 3.63) is 36.0 Å². The number of nitrogens with one attached hydrogen (secondary N) is 1. The van der Waals surface area contributed by atoms with E-state index >= 15 is 0 Å². The number of fused-ring (bicyclic) bond motifs is 1. The van der Waals surface area contributed by atoms with E-state index in [4.69, 9.17) is 0 Å². The van der Waals surface area contributed by atoms with E-state index in [1.807, 2.05) is 0 Å². The Kier molecular flexibility index (Phi) is 6.31. The van der Waals surface area contributed by atoms with Crippen molar-refractivity contribution >= 4 is 10.9 Å². The zero-order chi connectivity index (χ0) is 15.1. The average molecular weight is 286 g/mol. The Labute approximate surface area is 129 Å². The lowest BCUT2D eigenvalue weighted by Crippen LogP contribution is -2.17. The molecule has 0 aliphatic heterocycles. The predicted molar refractivity (Wildman–Crippen MR) is 92.9 cm³/mol. The van der Waals surface area contributed by atoms with Crippen molar-refractivity contribution in [2.45, 2.75) is 53.0 Å². The summed E-state index contributed by atoms with van der Waals surface area (Å²) in [5, 5.41) is 4.94. The topological polar surface area (TPSA) is 17.0 Å². The zero-order valence-corrected chi connectivity index (χ0v) is 13.9. The predicted octanol–water partition coefficient (Wildman–Crippen LogP) is 4.62. The summed E-state index contributed by atoms with van der Waals surface area (Å²) in [7, 11) is 0. The molecule has 1 aromatic carbocycles. The molecule has 0 saturated heterocycles. The van der Waals surface area contributed by atoms with Gasteiger partial charge in [-0.05, 0) is 43.5 Å². The quantitative estimate of drug-likeness (QED) is 0.666. The van der Waals surface area contributed by atoms with Gasteiger partial charge >= 0.3 is 0 Å². The maximum atomic E-state index is 3.51. The molecule has 1 aromatic heterocycles. The van der Waals surface area contributed by atoms with Gasteiger partial charge in [0.15, 0.2) is 0 Å². The molecule has 0 bridgehead atoms. The van der Waals surface area contributed by atoms with Crippen LogP contribution in [0, 0.1) is 5.92 Å². The molecule has 0 unspecified atom stereocenters. The van der Waals surface area contributed by atoms with E-state index in [0.29, 0.717) is 0 Å². The highest BCUT2D eigenvalue weighted by atomic mass is 15.0. The van der Waals surface area contributed by atoms with Gasteiger partial charge < -0.3 is 9.88 Å². The van der Waals surface area contributed by atoms with E-state index < -0.39 is 0 Å². The first-order valence-corrected chi connectivity index (χ1v) is 8.57. The van der Waals surface area contributed by atoms with Gasteiger partial charge in [0, 0.05) is 23.6 Å². The second kappa shape index (κ2) is 8.23. The van der Waals surface area contributed by atoms with Gasteiger partial charge in [0.05, 0.1) is 0 Å². The molecule has 0 amide bonds. The molecule has 0 radical (unpaired) electrons. The van der Waals surface area contributed by atoms with Crippen LogP contribution < -0.4 is 5.32 Å². The van der Waals surface area contributed by atoms with E-state index in [1.54, 1.807) is 0 Å². The SMILES string of the molecule is CCCNCCc1cn(CC(CC)CC)c2ccccc12. The molecule has 0 aliphatic rings. The molecule has 1 N–H and O–H groups in total. The summed E-state index contributed by atoms with van der Waals surface area (Å²) in [6, 6.07) is 8.85. The van der Waals surface area contributed by atoms with Crippen molar-refractivity contribution in [3.8, 4) is 0 Å². The molecule has 1 heterocycles. The van der Waals surface area contributed by atoms with Gasteiger partial charge in [0.25, 0.3) is 0 Å². The molecular formula is C19H30N2. The van der Waals surface area contributed by atoms with E-state index in [9.17, 15) is 0 Å². The fourth-order valence-corrected chi connectivity index (χ4v) is 3.02. The van der Waals surface area contributed by atoms with Crippen molar-refractivity contribution in [1.82, 2.24) is 9.88 Å². The first-order valence-electron chi connectivity index (χ1n) is 8.57. The van der Waals surface area contributed by atoms with Crippen LogP contribution in [0.4, 0.5) is 0 Å². The summed E-state index contributed by atoms with van der Waals surface area (Å²) >= 11 is 0. The van der Waals surface area contributed by atoms with Crippen LogP contribution in [-0.4, -0.2) is 17.7 Å². The van der Waals surface area contributed by atoms with Gasteiger partial charge in [-0.1, -0.05) is 51.8 Å². The third kappa shape index (κ3) is 4.10. The number of nitrogens with zero attached hydrogens (tertiary/aromatic N) is 1. The van der Waals surface area contributed by atoms with Gasteiger partial charge in [-0.3, -0.25) is 0 Å². The van der Waals surface area contributed by atoms with Crippen LogP contribution in [0.1, 0.15) is 45.6 Å². The third-order valence-corrected chi connectivity index (χ3v) is 4.48. The minimum atomic E-state index is 0.784. The molecule has 0 saturated carbocycles. The van der Waals surface area contributed by atoms with Gasteiger partial charge in [-0.25, -0.2) is 0 Å². The largest absolute Gasteiger partial charge is 0.347 e. The second-order valence-electron chi connectivity index (χ2n) is 6.01. The zero-order valence-electron chi connectivity index (χ0n) is 13.9. The Bertz CT molecular complexity index is 537. The summed E-state index contributed by atoms with van der Waals surface area (Å²) in [5.41, 5.74) is 2.88. The third-order valence-electron chi connectivity index (χ3n) is 4.48.